The lowest BCUT2D eigenvalue weighted by molar-refractivity contribution is -0.120. The average molecular weight is 345 g/mol. The summed E-state index contributed by atoms with van der Waals surface area (Å²) in [5.41, 5.74) is 4.40. The molecule has 0 bridgehead atoms. The van der Waals surface area contributed by atoms with Crippen molar-refractivity contribution in [2.75, 3.05) is 0 Å². The summed E-state index contributed by atoms with van der Waals surface area (Å²) in [5, 5.41) is 2.97. The molecule has 3 aromatic carbocycles. The van der Waals surface area contributed by atoms with E-state index in [1.54, 1.807) is 0 Å². The molecule has 0 aromatic heterocycles. The molecule has 0 aliphatic rings. The van der Waals surface area contributed by atoms with Gasteiger partial charge in [0.05, 0.1) is 6.42 Å². The summed E-state index contributed by atoms with van der Waals surface area (Å²) in [6.45, 7) is 3.09. The Hall–Kier alpha value is -3.07. The number of amides is 1. The molecule has 3 aromatic rings. The van der Waals surface area contributed by atoms with Gasteiger partial charge in [0.1, 0.15) is 12.4 Å². The van der Waals surface area contributed by atoms with Crippen LogP contribution in [-0.4, -0.2) is 5.91 Å². The van der Waals surface area contributed by atoms with Gasteiger partial charge in [-0.2, -0.15) is 0 Å². The Morgan fingerprint density at radius 1 is 0.846 bits per heavy atom. The van der Waals surface area contributed by atoms with Crippen molar-refractivity contribution in [3.05, 3.63) is 101 Å². The normalized spacial score (nSPS) is 10.3. The van der Waals surface area contributed by atoms with Crippen LogP contribution in [0.4, 0.5) is 0 Å². The Kier molecular flexibility index (Phi) is 6.05. The lowest BCUT2D eigenvalue weighted by Gasteiger charge is -2.09. The van der Waals surface area contributed by atoms with E-state index in [2.05, 4.69) is 5.32 Å². The molecule has 1 amide bonds. The van der Waals surface area contributed by atoms with Crippen molar-refractivity contribution in [1.29, 1.82) is 0 Å². The monoisotopic (exact) mass is 345 g/mol. The Labute approximate surface area is 154 Å². The molecule has 0 saturated heterocycles. The van der Waals surface area contributed by atoms with Crippen LogP contribution in [0, 0.1) is 6.92 Å². The van der Waals surface area contributed by atoms with Crippen molar-refractivity contribution in [3.63, 3.8) is 0 Å². The quantitative estimate of drug-likeness (QED) is 0.688. The van der Waals surface area contributed by atoms with Crippen LogP contribution in [0.25, 0.3) is 0 Å². The third kappa shape index (κ3) is 5.21. The summed E-state index contributed by atoms with van der Waals surface area (Å²) >= 11 is 0. The average Bonchev–Trinajstić information content (AvgIpc) is 2.68. The first-order valence-electron chi connectivity index (χ1n) is 8.77. The van der Waals surface area contributed by atoms with Crippen LogP contribution < -0.4 is 10.1 Å². The maximum Gasteiger partial charge on any atom is 0.224 e. The molecule has 0 heterocycles. The summed E-state index contributed by atoms with van der Waals surface area (Å²) in [4.78, 5) is 12.1. The van der Waals surface area contributed by atoms with Gasteiger partial charge in [0.25, 0.3) is 0 Å². The number of ether oxygens (including phenoxy) is 1. The van der Waals surface area contributed by atoms with Crippen molar-refractivity contribution in [2.45, 2.75) is 26.5 Å². The van der Waals surface area contributed by atoms with Crippen LogP contribution in [0.1, 0.15) is 22.3 Å². The largest absolute Gasteiger partial charge is 0.489 e. The molecule has 3 rings (SSSR count). The van der Waals surface area contributed by atoms with Gasteiger partial charge in [0, 0.05) is 6.54 Å². The standard InChI is InChI=1S/C23H23NO2/c1-18-7-5-6-10-21(18)15-23(25)24-16-19-11-13-22(14-12-19)26-17-20-8-3-2-4-9-20/h2-14H,15-17H2,1H3,(H,24,25). The molecule has 0 saturated carbocycles. The lowest BCUT2D eigenvalue weighted by Crippen LogP contribution is -2.24. The van der Waals surface area contributed by atoms with Gasteiger partial charge < -0.3 is 10.1 Å². The zero-order valence-electron chi connectivity index (χ0n) is 14.9. The molecule has 0 unspecified atom stereocenters. The molecule has 3 heteroatoms. The Morgan fingerprint density at radius 3 is 2.27 bits per heavy atom. The number of aryl methyl sites for hydroxylation is 1. The van der Waals surface area contributed by atoms with E-state index in [1.165, 1.54) is 0 Å². The predicted molar refractivity (Wildman–Crippen MR) is 104 cm³/mol. The molecule has 26 heavy (non-hydrogen) atoms. The first-order chi connectivity index (χ1) is 12.7. The molecule has 0 spiro atoms. The van der Waals surface area contributed by atoms with Crippen molar-refractivity contribution in [3.8, 4) is 5.75 Å². The van der Waals surface area contributed by atoms with Gasteiger partial charge in [0.2, 0.25) is 5.91 Å². The minimum absolute atomic E-state index is 0.0312. The van der Waals surface area contributed by atoms with Crippen molar-refractivity contribution in [2.24, 2.45) is 0 Å². The zero-order chi connectivity index (χ0) is 18.2. The fourth-order valence-corrected chi connectivity index (χ4v) is 2.69. The number of benzene rings is 3. The van der Waals surface area contributed by atoms with E-state index in [4.69, 9.17) is 4.74 Å². The molecule has 0 radical (unpaired) electrons. The number of carbonyl (C=O) groups is 1. The Balaban J connectivity index is 1.46. The van der Waals surface area contributed by atoms with Crippen molar-refractivity contribution in [1.82, 2.24) is 5.32 Å². The van der Waals surface area contributed by atoms with E-state index in [1.807, 2.05) is 85.8 Å². The summed E-state index contributed by atoms with van der Waals surface area (Å²) in [7, 11) is 0. The Bertz CT molecular complexity index is 842. The molecular formula is C23H23NO2. The maximum atomic E-state index is 12.1. The number of rotatable bonds is 7. The van der Waals surface area contributed by atoms with E-state index in [0.29, 0.717) is 19.6 Å². The third-order valence-electron chi connectivity index (χ3n) is 4.27. The summed E-state index contributed by atoms with van der Waals surface area (Å²) < 4.78 is 5.78. The van der Waals surface area contributed by atoms with E-state index < -0.39 is 0 Å². The summed E-state index contributed by atoms with van der Waals surface area (Å²) in [6, 6.07) is 25.9. The highest BCUT2D eigenvalue weighted by Crippen LogP contribution is 2.14. The van der Waals surface area contributed by atoms with Crippen LogP contribution in [0.15, 0.2) is 78.9 Å². The van der Waals surface area contributed by atoms with E-state index in [9.17, 15) is 4.79 Å². The minimum atomic E-state index is 0.0312. The van der Waals surface area contributed by atoms with Gasteiger partial charge >= 0.3 is 0 Å². The summed E-state index contributed by atoms with van der Waals surface area (Å²) in [5.74, 6) is 0.854. The SMILES string of the molecule is Cc1ccccc1CC(=O)NCc1ccc(OCc2ccccc2)cc1. The van der Waals surface area contributed by atoms with Crippen LogP contribution in [0.5, 0.6) is 5.75 Å². The molecular weight excluding hydrogens is 322 g/mol. The van der Waals surface area contributed by atoms with Crippen molar-refractivity contribution >= 4 is 5.91 Å². The van der Waals surface area contributed by atoms with Gasteiger partial charge in [-0.15, -0.1) is 0 Å². The van der Waals surface area contributed by atoms with Gasteiger partial charge in [-0.3, -0.25) is 4.79 Å². The second-order valence-electron chi connectivity index (χ2n) is 6.30. The highest BCUT2D eigenvalue weighted by Gasteiger charge is 2.05. The highest BCUT2D eigenvalue weighted by molar-refractivity contribution is 5.78. The molecule has 0 fully saturated rings. The number of carbonyl (C=O) groups excluding carboxylic acids is 1. The highest BCUT2D eigenvalue weighted by atomic mass is 16.5. The first kappa shape index (κ1) is 17.7. The zero-order valence-corrected chi connectivity index (χ0v) is 14.9. The number of hydrogen-bond acceptors (Lipinski definition) is 2. The lowest BCUT2D eigenvalue weighted by atomic mass is 10.1. The van der Waals surface area contributed by atoms with Crippen LogP contribution >= 0.6 is 0 Å². The number of nitrogens with one attached hydrogen (secondary N) is 1. The van der Waals surface area contributed by atoms with Crippen LogP contribution in [0.3, 0.4) is 0 Å². The Morgan fingerprint density at radius 2 is 1.54 bits per heavy atom. The fourth-order valence-electron chi connectivity index (χ4n) is 2.69. The fraction of sp³-hybridized carbons (Fsp3) is 0.174. The minimum Gasteiger partial charge on any atom is -0.489 e. The molecule has 3 nitrogen and oxygen atoms in total. The second kappa shape index (κ2) is 8.86. The molecule has 0 aliphatic carbocycles. The topological polar surface area (TPSA) is 38.3 Å². The second-order valence-corrected chi connectivity index (χ2v) is 6.30. The molecule has 0 atom stereocenters. The summed E-state index contributed by atoms with van der Waals surface area (Å²) in [6.07, 6.45) is 0.408. The smallest absolute Gasteiger partial charge is 0.224 e. The van der Waals surface area contributed by atoms with Crippen LogP contribution in [0.2, 0.25) is 0 Å². The third-order valence-corrected chi connectivity index (χ3v) is 4.27. The predicted octanol–water partition coefficient (Wildman–Crippen LogP) is 4.43. The van der Waals surface area contributed by atoms with E-state index >= 15 is 0 Å². The van der Waals surface area contributed by atoms with Crippen LogP contribution in [-0.2, 0) is 24.4 Å². The van der Waals surface area contributed by atoms with E-state index in [0.717, 1.165) is 28.0 Å². The van der Waals surface area contributed by atoms with E-state index in [-0.39, 0.29) is 5.91 Å². The van der Waals surface area contributed by atoms with Crippen molar-refractivity contribution < 1.29 is 9.53 Å². The van der Waals surface area contributed by atoms with Gasteiger partial charge in [-0.05, 0) is 41.3 Å². The van der Waals surface area contributed by atoms with Gasteiger partial charge in [-0.25, -0.2) is 0 Å². The molecule has 132 valence electrons. The number of hydrogen-bond donors (Lipinski definition) is 1. The molecule has 0 aliphatic heterocycles. The van der Waals surface area contributed by atoms with Gasteiger partial charge in [-0.1, -0.05) is 66.7 Å². The molecule has 1 N–H and O–H groups in total. The van der Waals surface area contributed by atoms with Gasteiger partial charge in [0.15, 0.2) is 0 Å². The maximum absolute atomic E-state index is 12.1. The first-order valence-corrected chi connectivity index (χ1v) is 8.77.